The molecule has 0 aliphatic heterocycles. The van der Waals surface area contributed by atoms with Crippen molar-refractivity contribution in [1.82, 2.24) is 0 Å². The van der Waals surface area contributed by atoms with E-state index in [-0.39, 0.29) is 21.1 Å². The maximum atomic E-state index is 2.29. The van der Waals surface area contributed by atoms with Crippen molar-refractivity contribution in [3.05, 3.63) is 30.6 Å². The molecule has 0 aliphatic carbocycles. The van der Waals surface area contributed by atoms with Gasteiger partial charge in [0.2, 0.25) is 0 Å². The minimum absolute atomic E-state index is 0. The predicted molar refractivity (Wildman–Crippen MR) is 96.9 cm³/mol. The van der Waals surface area contributed by atoms with E-state index in [4.69, 9.17) is 0 Å². The van der Waals surface area contributed by atoms with Crippen LogP contribution >= 0.6 is 0 Å². The fourth-order valence-corrected chi connectivity index (χ4v) is 3.07. The van der Waals surface area contributed by atoms with Crippen molar-refractivity contribution in [2.75, 3.05) is 0 Å². The minimum Gasteiger partial charge on any atom is -0.205 e. The first-order valence-electron chi connectivity index (χ1n) is 9.87. The second kappa shape index (κ2) is 18.2. The Balaban J connectivity index is 0.00000484. The molecule has 0 fully saturated rings. The third-order valence-corrected chi connectivity index (χ3v) is 4.55. The smallest absolute Gasteiger partial charge is 0.168 e. The molecule has 23 heavy (non-hydrogen) atoms. The van der Waals surface area contributed by atoms with Crippen LogP contribution in [-0.2, 0) is 27.6 Å². The summed E-state index contributed by atoms with van der Waals surface area (Å²) in [6.07, 6.45) is 24.4. The van der Waals surface area contributed by atoms with E-state index in [1.54, 1.807) is 0 Å². The second-order valence-corrected chi connectivity index (χ2v) is 6.71. The number of aryl methyl sites for hydroxylation is 1. The van der Waals surface area contributed by atoms with Crippen LogP contribution in [-0.4, -0.2) is 0 Å². The summed E-state index contributed by atoms with van der Waals surface area (Å²) >= 11 is 0. The van der Waals surface area contributed by atoms with Gasteiger partial charge < -0.3 is 0 Å². The van der Waals surface area contributed by atoms with Crippen LogP contribution in [0, 0.1) is 0 Å². The van der Waals surface area contributed by atoms with Gasteiger partial charge in [0.05, 0.1) is 0 Å². The molecule has 132 valence electrons. The molecule has 0 unspecified atom stereocenters. The summed E-state index contributed by atoms with van der Waals surface area (Å²) in [4.78, 5) is 0. The van der Waals surface area contributed by atoms with E-state index in [2.05, 4.69) is 42.1 Å². The van der Waals surface area contributed by atoms with Crippen LogP contribution in [0.3, 0.4) is 0 Å². The van der Waals surface area contributed by atoms with Crippen molar-refractivity contribution >= 4 is 0 Å². The van der Waals surface area contributed by atoms with Gasteiger partial charge in [0.25, 0.3) is 0 Å². The Morgan fingerprint density at radius 2 is 0.913 bits per heavy atom. The predicted octanol–water partition coefficient (Wildman–Crippen LogP) is 6.45. The van der Waals surface area contributed by atoms with Crippen LogP contribution in [0.1, 0.15) is 96.8 Å². The Kier molecular flexibility index (Phi) is 18.1. The molecule has 0 radical (unpaired) electrons. The molecule has 0 bridgehead atoms. The summed E-state index contributed by atoms with van der Waals surface area (Å²) in [5.41, 5.74) is 0. The summed E-state index contributed by atoms with van der Waals surface area (Å²) in [5.74, 6) is 0. The average molecular weight is 488 g/mol. The van der Waals surface area contributed by atoms with Crippen LogP contribution in [0.4, 0.5) is 0 Å². The molecule has 2 heteroatoms. The third-order valence-electron chi connectivity index (χ3n) is 4.55. The molecule has 1 heterocycles. The first-order chi connectivity index (χ1) is 10.9. The van der Waals surface area contributed by atoms with Gasteiger partial charge in [-0.1, -0.05) is 90.0 Å². The minimum atomic E-state index is 0. The number of hydrogen-bond acceptors (Lipinski definition) is 0. The van der Waals surface area contributed by atoms with E-state index < -0.39 is 0 Å². The van der Waals surface area contributed by atoms with E-state index in [9.17, 15) is 0 Å². The zero-order valence-electron chi connectivity index (χ0n) is 15.3. The maximum Gasteiger partial charge on any atom is 0.168 e. The summed E-state index contributed by atoms with van der Waals surface area (Å²) in [6, 6.07) is 6.31. The largest absolute Gasteiger partial charge is 0.205 e. The van der Waals surface area contributed by atoms with Crippen LogP contribution in [0.5, 0.6) is 0 Å². The Morgan fingerprint density at radius 1 is 0.522 bits per heavy atom. The Labute approximate surface area is 159 Å². The van der Waals surface area contributed by atoms with Gasteiger partial charge in [-0.05, 0) is 6.42 Å². The maximum absolute atomic E-state index is 2.29. The fraction of sp³-hybridized carbons (Fsp3) is 0.762. The number of nitrogens with zero attached hydrogens (tertiary/aromatic N) is 1. The zero-order chi connectivity index (χ0) is 15.7. The summed E-state index contributed by atoms with van der Waals surface area (Å²) < 4.78 is 2.29. The number of unbranched alkanes of at least 4 members (excludes halogenated alkanes) is 13. The molecule has 1 aromatic rings. The standard InChI is InChI=1S/C21H38N.W/c1-2-3-4-5-6-7-8-9-10-11-12-13-14-16-19-22-20-17-15-18-21-22;/h15,17-18,20-21H,2-14,16,19H2,1H3;/q+1;. The Bertz CT molecular complexity index is 326. The molecule has 0 N–H and O–H groups in total. The molecule has 0 aliphatic rings. The van der Waals surface area contributed by atoms with Gasteiger partial charge in [0.15, 0.2) is 12.4 Å². The van der Waals surface area contributed by atoms with E-state index in [1.807, 2.05) is 0 Å². The number of rotatable bonds is 15. The molecule has 0 aromatic carbocycles. The van der Waals surface area contributed by atoms with Gasteiger partial charge >= 0.3 is 0 Å². The summed E-state index contributed by atoms with van der Waals surface area (Å²) in [6.45, 7) is 3.47. The SMILES string of the molecule is CCCCCCCCCCCCCCCC[n+]1ccccc1.[W]. The normalized spacial score (nSPS) is 10.5. The number of aromatic nitrogens is 1. The fourth-order valence-electron chi connectivity index (χ4n) is 3.07. The van der Waals surface area contributed by atoms with Crippen LogP contribution in [0.15, 0.2) is 30.6 Å². The monoisotopic (exact) mass is 488 g/mol. The molecule has 1 aromatic heterocycles. The van der Waals surface area contributed by atoms with Crippen LogP contribution in [0.2, 0.25) is 0 Å². The van der Waals surface area contributed by atoms with Gasteiger partial charge in [-0.3, -0.25) is 0 Å². The molecule has 0 amide bonds. The first kappa shape index (κ1) is 22.8. The number of hydrogen-bond donors (Lipinski definition) is 0. The van der Waals surface area contributed by atoms with Gasteiger partial charge in [0.1, 0.15) is 6.54 Å². The van der Waals surface area contributed by atoms with Gasteiger partial charge in [-0.25, -0.2) is 4.57 Å². The van der Waals surface area contributed by atoms with Crippen molar-refractivity contribution in [2.24, 2.45) is 0 Å². The Morgan fingerprint density at radius 3 is 1.35 bits per heavy atom. The average Bonchev–Trinajstić information content (AvgIpc) is 2.56. The zero-order valence-corrected chi connectivity index (χ0v) is 18.3. The quantitative estimate of drug-likeness (QED) is 0.197. The van der Waals surface area contributed by atoms with Gasteiger partial charge in [0, 0.05) is 39.6 Å². The molecular formula is C21H38NW+. The third kappa shape index (κ3) is 15.1. The molecule has 0 atom stereocenters. The summed E-state index contributed by atoms with van der Waals surface area (Å²) in [7, 11) is 0. The molecule has 1 rings (SSSR count). The van der Waals surface area contributed by atoms with Crippen molar-refractivity contribution in [2.45, 2.75) is 103 Å². The van der Waals surface area contributed by atoms with E-state index in [1.165, 1.54) is 96.4 Å². The van der Waals surface area contributed by atoms with E-state index >= 15 is 0 Å². The van der Waals surface area contributed by atoms with E-state index in [0.29, 0.717) is 0 Å². The van der Waals surface area contributed by atoms with Crippen LogP contribution in [0.25, 0.3) is 0 Å². The van der Waals surface area contributed by atoms with Crippen molar-refractivity contribution < 1.29 is 25.6 Å². The molecule has 0 saturated heterocycles. The second-order valence-electron chi connectivity index (χ2n) is 6.71. The van der Waals surface area contributed by atoms with E-state index in [0.717, 1.165) is 0 Å². The van der Waals surface area contributed by atoms with Crippen molar-refractivity contribution in [1.29, 1.82) is 0 Å². The van der Waals surface area contributed by atoms with Crippen molar-refractivity contribution in [3.8, 4) is 0 Å². The topological polar surface area (TPSA) is 3.88 Å². The van der Waals surface area contributed by atoms with Crippen LogP contribution < -0.4 is 4.57 Å². The van der Waals surface area contributed by atoms with Gasteiger partial charge in [-0.2, -0.15) is 0 Å². The number of pyridine rings is 1. The molecule has 0 saturated carbocycles. The molecule has 0 spiro atoms. The van der Waals surface area contributed by atoms with Gasteiger partial charge in [-0.15, -0.1) is 0 Å². The molecule has 1 nitrogen and oxygen atoms in total. The molecular weight excluding hydrogens is 450 g/mol. The first-order valence-corrected chi connectivity index (χ1v) is 9.87. The Hall–Kier alpha value is -0.162. The van der Waals surface area contributed by atoms with Crippen molar-refractivity contribution in [3.63, 3.8) is 0 Å². The summed E-state index contributed by atoms with van der Waals surface area (Å²) in [5, 5.41) is 0.